The van der Waals surface area contributed by atoms with Crippen molar-refractivity contribution in [2.24, 2.45) is 0 Å². The first kappa shape index (κ1) is 14.3. The smallest absolute Gasteiger partial charge is 0.163 e. The average Bonchev–Trinajstić information content (AvgIpc) is 2.39. The van der Waals surface area contributed by atoms with Crippen LogP contribution >= 0.6 is 34.8 Å². The van der Waals surface area contributed by atoms with Gasteiger partial charge in [0.15, 0.2) is 5.82 Å². The second kappa shape index (κ2) is 5.90. The van der Waals surface area contributed by atoms with E-state index in [1.165, 1.54) is 0 Å². The van der Waals surface area contributed by atoms with Gasteiger partial charge in [0.2, 0.25) is 0 Å². The lowest BCUT2D eigenvalue weighted by atomic mass is 10.3. The van der Waals surface area contributed by atoms with Crippen molar-refractivity contribution >= 4 is 46.3 Å². The molecule has 0 bridgehead atoms. The van der Waals surface area contributed by atoms with Crippen molar-refractivity contribution in [3.05, 3.63) is 44.8 Å². The summed E-state index contributed by atoms with van der Waals surface area (Å²) >= 11 is 17.7. The molecule has 0 atom stereocenters. The van der Waals surface area contributed by atoms with E-state index in [0.717, 1.165) is 0 Å². The van der Waals surface area contributed by atoms with Gasteiger partial charge >= 0.3 is 0 Å². The van der Waals surface area contributed by atoms with Crippen molar-refractivity contribution in [2.75, 3.05) is 5.32 Å². The Labute approximate surface area is 124 Å². The van der Waals surface area contributed by atoms with E-state index in [0.29, 0.717) is 27.1 Å². The average molecular weight is 321 g/mol. The molecule has 0 aliphatic carbocycles. The fourth-order valence-electron chi connectivity index (χ4n) is 1.42. The van der Waals surface area contributed by atoms with Crippen LogP contribution in [0.1, 0.15) is 11.4 Å². The Kier molecular flexibility index (Phi) is 4.45. The monoisotopic (exact) mass is 319 g/mol. The number of anilines is 2. The van der Waals surface area contributed by atoms with E-state index in [9.17, 15) is 4.39 Å². The van der Waals surface area contributed by atoms with Crippen molar-refractivity contribution < 1.29 is 4.39 Å². The molecule has 2 rings (SSSR count). The summed E-state index contributed by atoms with van der Waals surface area (Å²) in [6.45, 7) is 0.959. The molecule has 0 saturated heterocycles. The molecule has 0 unspecified atom stereocenters. The number of aromatic nitrogens is 2. The highest BCUT2D eigenvalue weighted by Gasteiger charge is 2.10. The number of alkyl halides is 1. The van der Waals surface area contributed by atoms with E-state index < -0.39 is 6.67 Å². The second-order valence-electron chi connectivity index (χ2n) is 3.79. The summed E-state index contributed by atoms with van der Waals surface area (Å²) in [5.41, 5.74) is 1.31. The van der Waals surface area contributed by atoms with Gasteiger partial charge in [0.05, 0.1) is 10.0 Å². The quantitative estimate of drug-likeness (QED) is 0.812. The van der Waals surface area contributed by atoms with Gasteiger partial charge in [-0.1, -0.05) is 34.8 Å². The van der Waals surface area contributed by atoms with E-state index in [1.54, 1.807) is 25.1 Å². The third-order valence-corrected chi connectivity index (χ3v) is 3.54. The predicted octanol–water partition coefficient (Wildman–Crippen LogP) is 4.96. The van der Waals surface area contributed by atoms with Crippen molar-refractivity contribution in [1.29, 1.82) is 0 Å². The van der Waals surface area contributed by atoms with Gasteiger partial charge in [-0.2, -0.15) is 0 Å². The summed E-state index contributed by atoms with van der Waals surface area (Å²) in [7, 11) is 0. The standard InChI is InChI=1S/C12H9Cl3FN3/c1-6-11(15)18-10(5-16)19-12(6)17-7-2-3-8(13)9(14)4-7/h2-4H,5H2,1H3,(H,17,18,19). The molecule has 0 radical (unpaired) electrons. The predicted molar refractivity (Wildman–Crippen MR) is 76.3 cm³/mol. The van der Waals surface area contributed by atoms with Crippen LogP contribution in [-0.2, 0) is 6.67 Å². The number of nitrogens with one attached hydrogen (secondary N) is 1. The topological polar surface area (TPSA) is 37.8 Å². The van der Waals surface area contributed by atoms with Crippen molar-refractivity contribution in [2.45, 2.75) is 13.6 Å². The van der Waals surface area contributed by atoms with Crippen LogP contribution in [0.25, 0.3) is 0 Å². The SMILES string of the molecule is Cc1c(Cl)nc(CF)nc1Nc1ccc(Cl)c(Cl)c1. The van der Waals surface area contributed by atoms with Gasteiger partial charge in [-0.15, -0.1) is 0 Å². The van der Waals surface area contributed by atoms with Crippen LogP contribution in [0, 0.1) is 6.92 Å². The van der Waals surface area contributed by atoms with Gasteiger partial charge in [0.1, 0.15) is 17.6 Å². The molecule has 1 N–H and O–H groups in total. The summed E-state index contributed by atoms with van der Waals surface area (Å²) < 4.78 is 12.6. The minimum Gasteiger partial charge on any atom is -0.340 e. The summed E-state index contributed by atoms with van der Waals surface area (Å²) in [6.07, 6.45) is 0. The number of halogens is 4. The number of benzene rings is 1. The van der Waals surface area contributed by atoms with Gasteiger partial charge in [-0.05, 0) is 25.1 Å². The van der Waals surface area contributed by atoms with Crippen LogP contribution in [0.2, 0.25) is 15.2 Å². The molecule has 0 aliphatic heterocycles. The number of rotatable bonds is 3. The molecule has 0 fully saturated rings. The van der Waals surface area contributed by atoms with E-state index >= 15 is 0 Å². The largest absolute Gasteiger partial charge is 0.340 e. The molecule has 1 aromatic carbocycles. The maximum atomic E-state index is 12.6. The molecular formula is C12H9Cl3FN3. The third kappa shape index (κ3) is 3.26. The van der Waals surface area contributed by atoms with Gasteiger partial charge in [0.25, 0.3) is 0 Å². The van der Waals surface area contributed by atoms with Gasteiger partial charge in [-0.25, -0.2) is 14.4 Å². The van der Waals surface area contributed by atoms with Crippen molar-refractivity contribution in [1.82, 2.24) is 9.97 Å². The van der Waals surface area contributed by atoms with Crippen LogP contribution in [-0.4, -0.2) is 9.97 Å². The maximum Gasteiger partial charge on any atom is 0.163 e. The molecular weight excluding hydrogens is 312 g/mol. The Hall–Kier alpha value is -1.10. The van der Waals surface area contributed by atoms with Gasteiger partial charge < -0.3 is 5.32 Å². The lowest BCUT2D eigenvalue weighted by Gasteiger charge is -2.11. The van der Waals surface area contributed by atoms with E-state index in [-0.39, 0.29) is 11.0 Å². The molecule has 19 heavy (non-hydrogen) atoms. The van der Waals surface area contributed by atoms with E-state index in [4.69, 9.17) is 34.8 Å². The normalized spacial score (nSPS) is 10.6. The summed E-state index contributed by atoms with van der Waals surface area (Å²) in [4.78, 5) is 7.86. The van der Waals surface area contributed by atoms with Crippen LogP contribution < -0.4 is 5.32 Å². The summed E-state index contributed by atoms with van der Waals surface area (Å²) in [5, 5.41) is 4.09. The molecule has 0 saturated carbocycles. The zero-order valence-corrected chi connectivity index (χ0v) is 12.1. The van der Waals surface area contributed by atoms with Gasteiger partial charge in [-0.3, -0.25) is 0 Å². The van der Waals surface area contributed by atoms with Gasteiger partial charge in [0, 0.05) is 11.3 Å². The highest BCUT2D eigenvalue weighted by molar-refractivity contribution is 6.42. The molecule has 1 heterocycles. The Morgan fingerprint density at radius 3 is 2.53 bits per heavy atom. The molecule has 7 heteroatoms. The zero-order valence-electron chi connectivity index (χ0n) is 9.85. The first-order valence-electron chi connectivity index (χ1n) is 5.32. The molecule has 0 amide bonds. The molecule has 0 spiro atoms. The lowest BCUT2D eigenvalue weighted by molar-refractivity contribution is 0.465. The molecule has 3 nitrogen and oxygen atoms in total. The highest BCUT2D eigenvalue weighted by Crippen LogP contribution is 2.28. The summed E-state index contributed by atoms with van der Waals surface area (Å²) in [6, 6.07) is 5.04. The minimum absolute atomic E-state index is 0.0261. The Morgan fingerprint density at radius 2 is 1.89 bits per heavy atom. The zero-order chi connectivity index (χ0) is 14.0. The third-order valence-electron chi connectivity index (χ3n) is 2.43. The van der Waals surface area contributed by atoms with Crippen LogP contribution in [0.3, 0.4) is 0 Å². The number of hydrogen-bond acceptors (Lipinski definition) is 3. The molecule has 2 aromatic rings. The van der Waals surface area contributed by atoms with E-state index in [2.05, 4.69) is 15.3 Å². The lowest BCUT2D eigenvalue weighted by Crippen LogP contribution is -2.02. The van der Waals surface area contributed by atoms with Crippen LogP contribution in [0.15, 0.2) is 18.2 Å². The van der Waals surface area contributed by atoms with E-state index in [1.807, 2.05) is 0 Å². The highest BCUT2D eigenvalue weighted by atomic mass is 35.5. The first-order chi connectivity index (χ1) is 9.01. The number of nitrogens with zero attached hydrogens (tertiary/aromatic N) is 2. The Bertz CT molecular complexity index is 619. The Morgan fingerprint density at radius 1 is 1.16 bits per heavy atom. The molecule has 0 aliphatic rings. The Balaban J connectivity index is 2.37. The van der Waals surface area contributed by atoms with Crippen molar-refractivity contribution in [3.63, 3.8) is 0 Å². The second-order valence-corrected chi connectivity index (χ2v) is 4.96. The fourth-order valence-corrected chi connectivity index (χ4v) is 1.91. The number of hydrogen-bond donors (Lipinski definition) is 1. The maximum absolute atomic E-state index is 12.6. The van der Waals surface area contributed by atoms with Crippen LogP contribution in [0.4, 0.5) is 15.9 Å². The molecule has 1 aromatic heterocycles. The molecule has 100 valence electrons. The van der Waals surface area contributed by atoms with Crippen molar-refractivity contribution in [3.8, 4) is 0 Å². The van der Waals surface area contributed by atoms with Crippen LogP contribution in [0.5, 0.6) is 0 Å². The first-order valence-corrected chi connectivity index (χ1v) is 6.45. The summed E-state index contributed by atoms with van der Waals surface area (Å²) in [5.74, 6) is 0.462. The minimum atomic E-state index is -0.782. The fraction of sp³-hybridized carbons (Fsp3) is 0.167.